The molecule has 0 aliphatic heterocycles. The predicted molar refractivity (Wildman–Crippen MR) is 45.2 cm³/mol. The van der Waals surface area contributed by atoms with E-state index in [2.05, 4.69) is 4.74 Å². The van der Waals surface area contributed by atoms with Gasteiger partial charge in [-0.25, -0.2) is 4.79 Å². The topological polar surface area (TPSA) is 50.1 Å². The number of esters is 1. The van der Waals surface area contributed by atoms with Crippen molar-refractivity contribution in [1.82, 2.24) is 0 Å². The fourth-order valence-electron chi connectivity index (χ4n) is 0.693. The first kappa shape index (κ1) is 10.7. The molecule has 3 nitrogen and oxygen atoms in total. The van der Waals surface area contributed by atoms with Gasteiger partial charge in [-0.2, -0.15) is 5.26 Å². The minimum atomic E-state index is -0.534. The molecule has 3 heteroatoms. The molecule has 0 radical (unpaired) electrons. The smallest absolute Gasteiger partial charge is 0.348 e. The highest BCUT2D eigenvalue weighted by Crippen LogP contribution is 2.03. The number of allylic oxidation sites excluding steroid dienone is 1. The number of ether oxygens (including phenoxy) is 1. The summed E-state index contributed by atoms with van der Waals surface area (Å²) in [6.07, 6.45) is 1.60. The van der Waals surface area contributed by atoms with Gasteiger partial charge in [-0.05, 0) is 12.8 Å². The molecule has 0 aromatic carbocycles. The first-order valence-corrected chi connectivity index (χ1v) is 3.90. The van der Waals surface area contributed by atoms with Crippen molar-refractivity contribution in [2.75, 3.05) is 6.61 Å². The summed E-state index contributed by atoms with van der Waals surface area (Å²) in [5.74, 6) is -0.349. The van der Waals surface area contributed by atoms with Crippen molar-refractivity contribution in [3.05, 3.63) is 11.6 Å². The molecule has 0 aliphatic rings. The average Bonchev–Trinajstić information content (AvgIpc) is 2.00. The Morgan fingerprint density at radius 1 is 1.67 bits per heavy atom. The van der Waals surface area contributed by atoms with Crippen LogP contribution in [0, 0.1) is 17.2 Å². The third kappa shape index (κ3) is 3.77. The lowest BCUT2D eigenvalue weighted by molar-refractivity contribution is -0.138. The van der Waals surface area contributed by atoms with Gasteiger partial charge in [0.2, 0.25) is 0 Å². The van der Waals surface area contributed by atoms with Gasteiger partial charge in [0.05, 0.1) is 6.61 Å². The van der Waals surface area contributed by atoms with Crippen molar-refractivity contribution in [1.29, 1.82) is 5.26 Å². The Kier molecular flexibility index (Phi) is 4.78. The molecule has 0 aromatic rings. The van der Waals surface area contributed by atoms with Crippen LogP contribution in [0.15, 0.2) is 11.6 Å². The van der Waals surface area contributed by atoms with Crippen molar-refractivity contribution in [2.24, 2.45) is 5.92 Å². The van der Waals surface area contributed by atoms with Crippen LogP contribution in [-0.2, 0) is 9.53 Å². The third-order valence-electron chi connectivity index (χ3n) is 1.12. The monoisotopic (exact) mass is 167 g/mol. The maximum atomic E-state index is 11.0. The molecule has 0 spiro atoms. The normalized spacial score (nSPS) is 11.1. The average molecular weight is 167 g/mol. The van der Waals surface area contributed by atoms with E-state index in [4.69, 9.17) is 5.26 Å². The molecule has 0 aromatic heterocycles. The molecule has 12 heavy (non-hydrogen) atoms. The summed E-state index contributed by atoms with van der Waals surface area (Å²) >= 11 is 0. The second-order valence-electron chi connectivity index (χ2n) is 2.66. The Balaban J connectivity index is 4.37. The SMILES string of the molecule is CCOC(=O)/C(C#N)=C/C(C)C. The molecule has 0 saturated carbocycles. The Morgan fingerprint density at radius 3 is 2.58 bits per heavy atom. The van der Waals surface area contributed by atoms with Crippen LogP contribution >= 0.6 is 0 Å². The molecule has 0 bridgehead atoms. The molecule has 0 heterocycles. The molecule has 0 saturated heterocycles. The summed E-state index contributed by atoms with van der Waals surface area (Å²) in [5.41, 5.74) is 0.0897. The summed E-state index contributed by atoms with van der Waals surface area (Å²) in [5, 5.41) is 8.55. The quantitative estimate of drug-likeness (QED) is 0.365. The fraction of sp³-hybridized carbons (Fsp3) is 0.556. The van der Waals surface area contributed by atoms with Crippen LogP contribution < -0.4 is 0 Å². The molecule has 0 rings (SSSR count). The number of carbonyl (C=O) groups excluding carboxylic acids is 1. The van der Waals surface area contributed by atoms with E-state index >= 15 is 0 Å². The van der Waals surface area contributed by atoms with Gasteiger partial charge in [-0.1, -0.05) is 19.9 Å². The minimum Gasteiger partial charge on any atom is -0.462 e. The van der Waals surface area contributed by atoms with Gasteiger partial charge in [-0.3, -0.25) is 0 Å². The van der Waals surface area contributed by atoms with E-state index in [1.165, 1.54) is 0 Å². The van der Waals surface area contributed by atoms with E-state index in [0.29, 0.717) is 6.61 Å². The van der Waals surface area contributed by atoms with E-state index in [0.717, 1.165) is 0 Å². The van der Waals surface area contributed by atoms with Crippen molar-refractivity contribution in [2.45, 2.75) is 20.8 Å². The maximum absolute atomic E-state index is 11.0. The zero-order valence-electron chi connectivity index (χ0n) is 7.63. The van der Waals surface area contributed by atoms with E-state index in [1.54, 1.807) is 19.1 Å². The van der Waals surface area contributed by atoms with Gasteiger partial charge in [0.25, 0.3) is 0 Å². The summed E-state index contributed by atoms with van der Waals surface area (Å²) < 4.78 is 4.67. The number of nitriles is 1. The van der Waals surface area contributed by atoms with E-state index in [-0.39, 0.29) is 11.5 Å². The Bertz CT molecular complexity index is 223. The molecule has 0 amide bonds. The lowest BCUT2D eigenvalue weighted by Crippen LogP contribution is -2.07. The Labute approximate surface area is 72.6 Å². The lowest BCUT2D eigenvalue weighted by Gasteiger charge is -2.00. The van der Waals surface area contributed by atoms with Crippen LogP contribution in [0.25, 0.3) is 0 Å². The number of rotatable bonds is 3. The Hall–Kier alpha value is -1.30. The molecule has 0 fully saturated rings. The van der Waals surface area contributed by atoms with Crippen molar-refractivity contribution in [3.8, 4) is 6.07 Å². The predicted octanol–water partition coefficient (Wildman–Crippen LogP) is 1.66. The van der Waals surface area contributed by atoms with Gasteiger partial charge >= 0.3 is 5.97 Å². The standard InChI is InChI=1S/C9H13NO2/c1-4-12-9(11)8(6-10)5-7(2)3/h5,7H,4H2,1-3H3/b8-5+. The highest BCUT2D eigenvalue weighted by atomic mass is 16.5. The minimum absolute atomic E-state index is 0.0897. The van der Waals surface area contributed by atoms with Crippen LogP contribution in [0.3, 0.4) is 0 Å². The zero-order chi connectivity index (χ0) is 9.56. The number of carbonyl (C=O) groups is 1. The molecular weight excluding hydrogens is 154 g/mol. The summed E-state index contributed by atoms with van der Waals surface area (Å²) in [6.45, 7) is 5.81. The lowest BCUT2D eigenvalue weighted by atomic mass is 10.1. The van der Waals surface area contributed by atoms with Crippen molar-refractivity contribution < 1.29 is 9.53 Å². The highest BCUT2D eigenvalue weighted by molar-refractivity contribution is 5.92. The molecular formula is C9H13NO2. The largest absolute Gasteiger partial charge is 0.462 e. The van der Waals surface area contributed by atoms with Crippen LogP contribution in [0.1, 0.15) is 20.8 Å². The molecule has 66 valence electrons. The van der Waals surface area contributed by atoms with Crippen molar-refractivity contribution in [3.63, 3.8) is 0 Å². The molecule has 0 atom stereocenters. The van der Waals surface area contributed by atoms with Gasteiger partial charge < -0.3 is 4.74 Å². The van der Waals surface area contributed by atoms with Crippen LogP contribution in [0.4, 0.5) is 0 Å². The van der Waals surface area contributed by atoms with E-state index < -0.39 is 5.97 Å². The number of hydrogen-bond acceptors (Lipinski definition) is 3. The fourth-order valence-corrected chi connectivity index (χ4v) is 0.693. The van der Waals surface area contributed by atoms with Crippen molar-refractivity contribution >= 4 is 5.97 Å². The Morgan fingerprint density at radius 2 is 2.25 bits per heavy atom. The van der Waals surface area contributed by atoms with Gasteiger partial charge in [0.15, 0.2) is 0 Å². The van der Waals surface area contributed by atoms with Crippen LogP contribution in [-0.4, -0.2) is 12.6 Å². The second-order valence-corrected chi connectivity index (χ2v) is 2.66. The maximum Gasteiger partial charge on any atom is 0.348 e. The molecule has 0 N–H and O–H groups in total. The van der Waals surface area contributed by atoms with Crippen LogP contribution in [0.2, 0.25) is 0 Å². The zero-order valence-corrected chi connectivity index (χ0v) is 7.63. The first-order valence-electron chi connectivity index (χ1n) is 3.90. The highest BCUT2D eigenvalue weighted by Gasteiger charge is 2.09. The first-order chi connectivity index (χ1) is 5.61. The van der Waals surface area contributed by atoms with Gasteiger partial charge in [0, 0.05) is 0 Å². The third-order valence-corrected chi connectivity index (χ3v) is 1.12. The second kappa shape index (κ2) is 5.36. The van der Waals surface area contributed by atoms with E-state index in [9.17, 15) is 4.79 Å². The van der Waals surface area contributed by atoms with Gasteiger partial charge in [0.1, 0.15) is 11.6 Å². The molecule has 0 unspecified atom stereocenters. The number of hydrogen-bond donors (Lipinski definition) is 0. The summed E-state index contributed by atoms with van der Waals surface area (Å²) in [7, 11) is 0. The summed E-state index contributed by atoms with van der Waals surface area (Å²) in [4.78, 5) is 11.0. The summed E-state index contributed by atoms with van der Waals surface area (Å²) in [6, 6.07) is 1.80. The molecule has 0 aliphatic carbocycles. The number of nitrogens with zero attached hydrogens (tertiary/aromatic N) is 1. The van der Waals surface area contributed by atoms with Crippen LogP contribution in [0.5, 0.6) is 0 Å². The van der Waals surface area contributed by atoms with Gasteiger partial charge in [-0.15, -0.1) is 0 Å². The van der Waals surface area contributed by atoms with E-state index in [1.807, 2.05) is 13.8 Å².